The molecule has 130 valence electrons. The van der Waals surface area contributed by atoms with Crippen molar-refractivity contribution >= 4 is 34.0 Å². The molecule has 1 amide bonds. The molecule has 1 saturated heterocycles. The molecule has 2 N–H and O–H groups in total. The van der Waals surface area contributed by atoms with E-state index in [1.54, 1.807) is 18.2 Å². The van der Waals surface area contributed by atoms with E-state index in [4.69, 9.17) is 14.6 Å². The Bertz CT molecular complexity index is 617. The van der Waals surface area contributed by atoms with Gasteiger partial charge in [-0.2, -0.15) is 5.10 Å². The van der Waals surface area contributed by atoms with Crippen LogP contribution in [0.3, 0.4) is 0 Å². The molecule has 1 aliphatic rings. The van der Waals surface area contributed by atoms with Crippen LogP contribution in [0, 0.1) is 0 Å². The largest absolute Gasteiger partial charge is 0.481 e. The highest BCUT2D eigenvalue weighted by molar-refractivity contribution is 9.10. The fourth-order valence-electron chi connectivity index (χ4n) is 2.03. The van der Waals surface area contributed by atoms with Gasteiger partial charge in [0.25, 0.3) is 5.91 Å². The van der Waals surface area contributed by atoms with Crippen LogP contribution in [0.5, 0.6) is 5.75 Å². The Kier molecular flexibility index (Phi) is 7.16. The van der Waals surface area contributed by atoms with Crippen molar-refractivity contribution in [2.45, 2.75) is 0 Å². The topological polar surface area (TPSA) is 100 Å². The molecule has 0 saturated carbocycles. The number of halogens is 1. The fourth-order valence-corrected chi connectivity index (χ4v) is 2.54. The minimum Gasteiger partial charge on any atom is -0.481 e. The molecule has 2 rings (SSSR count). The van der Waals surface area contributed by atoms with Gasteiger partial charge in [0.05, 0.1) is 30.4 Å². The Morgan fingerprint density at radius 2 is 2.17 bits per heavy atom. The van der Waals surface area contributed by atoms with Crippen LogP contribution < -0.4 is 10.2 Å². The molecule has 0 spiro atoms. The maximum absolute atomic E-state index is 11.8. The molecule has 8 nitrogen and oxygen atoms in total. The smallest absolute Gasteiger partial charge is 0.341 e. The average Bonchev–Trinajstić information content (AvgIpc) is 2.55. The van der Waals surface area contributed by atoms with Crippen LogP contribution in [0.25, 0.3) is 0 Å². The molecule has 0 unspecified atom stereocenters. The maximum Gasteiger partial charge on any atom is 0.341 e. The number of aliphatic carboxylic acids is 1. The van der Waals surface area contributed by atoms with Crippen LogP contribution in [-0.2, 0) is 14.3 Å². The zero-order valence-corrected chi connectivity index (χ0v) is 14.5. The van der Waals surface area contributed by atoms with Crippen LogP contribution in [0.1, 0.15) is 5.56 Å². The highest BCUT2D eigenvalue weighted by Crippen LogP contribution is 2.25. The molecular formula is C15H18BrN3O5. The lowest BCUT2D eigenvalue weighted by molar-refractivity contribution is -0.139. The predicted octanol–water partition coefficient (Wildman–Crippen LogP) is 0.695. The van der Waals surface area contributed by atoms with E-state index in [9.17, 15) is 9.59 Å². The second kappa shape index (κ2) is 9.36. The van der Waals surface area contributed by atoms with Gasteiger partial charge in [-0.15, -0.1) is 0 Å². The first-order chi connectivity index (χ1) is 11.5. The summed E-state index contributed by atoms with van der Waals surface area (Å²) in [4.78, 5) is 24.3. The summed E-state index contributed by atoms with van der Waals surface area (Å²) in [5, 5.41) is 12.5. The standard InChI is InChI=1S/C15H18BrN3O5/c16-12-7-11(1-2-13(12)24-10-15(21)22)8-17-18-14(20)9-19-3-5-23-6-4-19/h1-2,7-8H,3-6,9-10H2,(H,18,20)(H,21,22)/b17-8+. The Hall–Kier alpha value is -1.97. The number of nitrogens with one attached hydrogen (secondary N) is 1. The van der Waals surface area contributed by atoms with Gasteiger partial charge in [-0.3, -0.25) is 9.69 Å². The molecule has 0 bridgehead atoms. The van der Waals surface area contributed by atoms with E-state index in [0.29, 0.717) is 23.4 Å². The number of carbonyl (C=O) groups is 2. The third kappa shape index (κ3) is 6.26. The van der Waals surface area contributed by atoms with Crippen LogP contribution in [-0.4, -0.2) is 67.6 Å². The molecule has 9 heteroatoms. The Morgan fingerprint density at radius 1 is 1.42 bits per heavy atom. The Labute approximate surface area is 147 Å². The minimum atomic E-state index is -1.05. The lowest BCUT2D eigenvalue weighted by Crippen LogP contribution is -2.42. The average molecular weight is 400 g/mol. The third-order valence-corrected chi connectivity index (χ3v) is 3.80. The van der Waals surface area contributed by atoms with E-state index >= 15 is 0 Å². The summed E-state index contributed by atoms with van der Waals surface area (Å²) in [5.41, 5.74) is 3.21. The first-order valence-corrected chi connectivity index (χ1v) is 8.10. The molecule has 0 radical (unpaired) electrons. The number of carbonyl (C=O) groups excluding carboxylic acids is 1. The maximum atomic E-state index is 11.8. The number of amides is 1. The monoisotopic (exact) mass is 399 g/mol. The normalized spacial score (nSPS) is 15.4. The number of hydrogen-bond donors (Lipinski definition) is 2. The Morgan fingerprint density at radius 3 is 2.83 bits per heavy atom. The van der Waals surface area contributed by atoms with Gasteiger partial charge in [-0.25, -0.2) is 10.2 Å². The van der Waals surface area contributed by atoms with Gasteiger partial charge in [0.1, 0.15) is 5.75 Å². The first-order valence-electron chi connectivity index (χ1n) is 7.31. The number of hydrazone groups is 1. The van der Waals surface area contributed by atoms with Gasteiger partial charge in [0.2, 0.25) is 0 Å². The summed E-state index contributed by atoms with van der Waals surface area (Å²) >= 11 is 3.30. The zero-order chi connectivity index (χ0) is 17.4. The number of rotatable bonds is 7. The molecule has 0 atom stereocenters. The van der Waals surface area contributed by atoms with Crippen molar-refractivity contribution in [2.75, 3.05) is 39.5 Å². The third-order valence-electron chi connectivity index (χ3n) is 3.18. The zero-order valence-electron chi connectivity index (χ0n) is 12.9. The van der Waals surface area contributed by atoms with Crippen LogP contribution in [0.4, 0.5) is 0 Å². The second-order valence-electron chi connectivity index (χ2n) is 5.05. The number of benzene rings is 1. The van der Waals surface area contributed by atoms with Gasteiger partial charge in [0.15, 0.2) is 6.61 Å². The summed E-state index contributed by atoms with van der Waals surface area (Å²) in [7, 11) is 0. The van der Waals surface area contributed by atoms with E-state index in [-0.39, 0.29) is 12.5 Å². The fraction of sp³-hybridized carbons (Fsp3) is 0.400. The second-order valence-corrected chi connectivity index (χ2v) is 5.91. The minimum absolute atomic E-state index is 0.186. The predicted molar refractivity (Wildman–Crippen MR) is 90.3 cm³/mol. The molecule has 1 aromatic rings. The molecule has 1 fully saturated rings. The number of ether oxygens (including phenoxy) is 2. The SMILES string of the molecule is O=C(O)COc1ccc(/C=N/NC(=O)CN2CCOCC2)cc1Br. The van der Waals surface area contributed by atoms with E-state index in [1.165, 1.54) is 6.21 Å². The summed E-state index contributed by atoms with van der Waals surface area (Å²) in [6.07, 6.45) is 1.50. The highest BCUT2D eigenvalue weighted by atomic mass is 79.9. The summed E-state index contributed by atoms with van der Waals surface area (Å²) in [6, 6.07) is 5.05. The van der Waals surface area contributed by atoms with E-state index in [2.05, 4.69) is 26.5 Å². The lowest BCUT2D eigenvalue weighted by Gasteiger charge is -2.25. The Balaban J connectivity index is 1.81. The van der Waals surface area contributed by atoms with Crippen LogP contribution >= 0.6 is 15.9 Å². The number of hydrogen-bond acceptors (Lipinski definition) is 6. The van der Waals surface area contributed by atoms with Gasteiger partial charge in [0, 0.05) is 13.1 Å². The summed E-state index contributed by atoms with van der Waals surface area (Å²) < 4.78 is 10.9. The van der Waals surface area contributed by atoms with E-state index in [1.807, 2.05) is 4.90 Å². The summed E-state index contributed by atoms with van der Waals surface area (Å²) in [5.74, 6) is -0.810. The van der Waals surface area contributed by atoms with Gasteiger partial charge >= 0.3 is 5.97 Å². The number of nitrogens with zero attached hydrogens (tertiary/aromatic N) is 2. The van der Waals surface area contributed by atoms with Crippen molar-refractivity contribution in [1.29, 1.82) is 0 Å². The highest BCUT2D eigenvalue weighted by Gasteiger charge is 2.13. The number of carboxylic acid groups (broad SMARTS) is 1. The summed E-state index contributed by atoms with van der Waals surface area (Å²) in [6.45, 7) is 2.63. The quantitative estimate of drug-likeness (QED) is 0.516. The van der Waals surface area contributed by atoms with Gasteiger partial charge < -0.3 is 14.6 Å². The first kappa shape index (κ1) is 18.4. The van der Waals surface area contributed by atoms with Crippen molar-refractivity contribution < 1.29 is 24.2 Å². The van der Waals surface area contributed by atoms with Crippen molar-refractivity contribution in [3.63, 3.8) is 0 Å². The molecule has 1 aromatic carbocycles. The number of morpholine rings is 1. The molecule has 1 aliphatic heterocycles. The lowest BCUT2D eigenvalue weighted by atomic mass is 10.2. The van der Waals surface area contributed by atoms with Crippen LogP contribution in [0.15, 0.2) is 27.8 Å². The van der Waals surface area contributed by atoms with Crippen molar-refractivity contribution in [3.05, 3.63) is 28.2 Å². The van der Waals surface area contributed by atoms with Gasteiger partial charge in [-0.05, 0) is 39.7 Å². The van der Waals surface area contributed by atoms with Gasteiger partial charge in [-0.1, -0.05) is 0 Å². The molecule has 0 aliphatic carbocycles. The number of carboxylic acids is 1. The van der Waals surface area contributed by atoms with E-state index < -0.39 is 12.6 Å². The van der Waals surface area contributed by atoms with Crippen LogP contribution in [0.2, 0.25) is 0 Å². The van der Waals surface area contributed by atoms with Crippen molar-refractivity contribution in [1.82, 2.24) is 10.3 Å². The molecule has 24 heavy (non-hydrogen) atoms. The van der Waals surface area contributed by atoms with Crippen molar-refractivity contribution in [2.24, 2.45) is 5.10 Å². The van der Waals surface area contributed by atoms with E-state index in [0.717, 1.165) is 18.7 Å². The molecular weight excluding hydrogens is 382 g/mol. The van der Waals surface area contributed by atoms with Crippen molar-refractivity contribution in [3.8, 4) is 5.75 Å². The molecule has 1 heterocycles. The molecule has 0 aromatic heterocycles.